The maximum Gasteiger partial charge on any atom is 0.0558 e. The van der Waals surface area contributed by atoms with E-state index in [0.29, 0.717) is 6.04 Å². The highest BCUT2D eigenvalue weighted by Crippen LogP contribution is 1.98. The van der Waals surface area contributed by atoms with Crippen molar-refractivity contribution in [2.45, 2.75) is 19.4 Å². The molecular weight excluding hydrogens is 140 g/mol. The summed E-state index contributed by atoms with van der Waals surface area (Å²) in [5, 5.41) is 12.1. The first kappa shape index (κ1) is 8.97. The third-order valence-electron chi connectivity index (χ3n) is 2.09. The average Bonchev–Trinajstić information content (AvgIpc) is 2.15. The van der Waals surface area contributed by atoms with Gasteiger partial charge in [-0.05, 0) is 26.4 Å². The van der Waals surface area contributed by atoms with Crippen molar-refractivity contribution >= 4 is 0 Å². The van der Waals surface area contributed by atoms with E-state index in [0.717, 1.165) is 26.2 Å². The molecule has 1 unspecified atom stereocenters. The normalized spacial score (nSPS) is 28.4. The SMILES string of the molecule is CC1CN(CCO)CCCN1. The lowest BCUT2D eigenvalue weighted by atomic mass is 10.3. The lowest BCUT2D eigenvalue weighted by molar-refractivity contribution is 0.196. The van der Waals surface area contributed by atoms with Crippen molar-refractivity contribution in [3.05, 3.63) is 0 Å². The van der Waals surface area contributed by atoms with Gasteiger partial charge < -0.3 is 10.4 Å². The second-order valence-electron chi connectivity index (χ2n) is 3.23. The fraction of sp³-hybridized carbons (Fsp3) is 1.00. The van der Waals surface area contributed by atoms with Crippen LogP contribution >= 0.6 is 0 Å². The predicted molar refractivity (Wildman–Crippen MR) is 45.6 cm³/mol. The molecule has 0 bridgehead atoms. The van der Waals surface area contributed by atoms with Crippen LogP contribution in [-0.2, 0) is 0 Å². The van der Waals surface area contributed by atoms with E-state index in [1.54, 1.807) is 0 Å². The van der Waals surface area contributed by atoms with E-state index in [2.05, 4.69) is 17.1 Å². The van der Waals surface area contributed by atoms with E-state index in [1.165, 1.54) is 6.42 Å². The molecule has 1 rings (SSSR count). The number of β-amino-alcohol motifs (C(OH)–C–C–N with tert-alkyl or cyclic N) is 1. The summed E-state index contributed by atoms with van der Waals surface area (Å²) < 4.78 is 0. The molecule has 2 N–H and O–H groups in total. The van der Waals surface area contributed by atoms with Crippen LogP contribution in [0.4, 0.5) is 0 Å². The molecule has 1 aliphatic rings. The first-order valence-electron chi connectivity index (χ1n) is 4.39. The summed E-state index contributed by atoms with van der Waals surface area (Å²) in [5.74, 6) is 0. The van der Waals surface area contributed by atoms with Crippen molar-refractivity contribution in [1.29, 1.82) is 0 Å². The van der Waals surface area contributed by atoms with Gasteiger partial charge in [0.05, 0.1) is 6.61 Å². The van der Waals surface area contributed by atoms with E-state index in [9.17, 15) is 0 Å². The van der Waals surface area contributed by atoms with Crippen LogP contribution in [0.2, 0.25) is 0 Å². The highest BCUT2D eigenvalue weighted by Gasteiger charge is 2.12. The van der Waals surface area contributed by atoms with Gasteiger partial charge in [-0.15, -0.1) is 0 Å². The molecule has 3 heteroatoms. The highest BCUT2D eigenvalue weighted by molar-refractivity contribution is 4.72. The maximum atomic E-state index is 8.73. The number of hydrogen-bond acceptors (Lipinski definition) is 3. The molecule has 0 radical (unpaired) electrons. The Bertz CT molecular complexity index is 108. The molecule has 0 aromatic carbocycles. The fourth-order valence-corrected chi connectivity index (χ4v) is 1.54. The van der Waals surface area contributed by atoms with Crippen molar-refractivity contribution in [3.8, 4) is 0 Å². The van der Waals surface area contributed by atoms with Crippen LogP contribution in [0, 0.1) is 0 Å². The van der Waals surface area contributed by atoms with Gasteiger partial charge in [0.1, 0.15) is 0 Å². The zero-order valence-electron chi connectivity index (χ0n) is 7.21. The molecule has 1 atom stereocenters. The number of aliphatic hydroxyl groups excluding tert-OH is 1. The fourth-order valence-electron chi connectivity index (χ4n) is 1.54. The Labute approximate surface area is 68.4 Å². The average molecular weight is 158 g/mol. The van der Waals surface area contributed by atoms with E-state index in [1.807, 2.05) is 0 Å². The molecule has 0 amide bonds. The smallest absolute Gasteiger partial charge is 0.0558 e. The van der Waals surface area contributed by atoms with E-state index < -0.39 is 0 Å². The van der Waals surface area contributed by atoms with E-state index >= 15 is 0 Å². The van der Waals surface area contributed by atoms with E-state index in [4.69, 9.17) is 5.11 Å². The Morgan fingerprint density at radius 1 is 1.64 bits per heavy atom. The summed E-state index contributed by atoms with van der Waals surface area (Å²) in [6, 6.07) is 0.573. The topological polar surface area (TPSA) is 35.5 Å². The third kappa shape index (κ3) is 3.18. The zero-order chi connectivity index (χ0) is 8.10. The van der Waals surface area contributed by atoms with Gasteiger partial charge in [-0.1, -0.05) is 0 Å². The minimum atomic E-state index is 0.284. The summed E-state index contributed by atoms with van der Waals surface area (Å²) >= 11 is 0. The summed E-state index contributed by atoms with van der Waals surface area (Å²) in [6.07, 6.45) is 1.20. The summed E-state index contributed by atoms with van der Waals surface area (Å²) in [5.41, 5.74) is 0. The largest absolute Gasteiger partial charge is 0.395 e. The molecule has 0 aliphatic carbocycles. The Kier molecular flexibility index (Phi) is 3.83. The molecule has 0 aromatic rings. The minimum absolute atomic E-state index is 0.284. The Morgan fingerprint density at radius 3 is 3.18 bits per heavy atom. The lowest BCUT2D eigenvalue weighted by Crippen LogP contribution is -2.36. The molecule has 1 heterocycles. The summed E-state index contributed by atoms with van der Waals surface area (Å²) in [6.45, 7) is 6.61. The van der Waals surface area contributed by atoms with Crippen LogP contribution in [0.3, 0.4) is 0 Å². The molecule has 3 nitrogen and oxygen atoms in total. The standard InChI is InChI=1S/C8H18N2O/c1-8-7-10(5-6-11)4-2-3-9-8/h8-9,11H,2-7H2,1H3. The van der Waals surface area contributed by atoms with Crippen LogP contribution in [0.1, 0.15) is 13.3 Å². The predicted octanol–water partition coefficient (Wildman–Crippen LogP) is -0.338. The third-order valence-corrected chi connectivity index (χ3v) is 2.09. The van der Waals surface area contributed by atoms with Crippen molar-refractivity contribution in [2.75, 3.05) is 32.8 Å². The number of aliphatic hydroxyl groups is 1. The second-order valence-corrected chi connectivity index (χ2v) is 3.23. The monoisotopic (exact) mass is 158 g/mol. The van der Waals surface area contributed by atoms with Crippen molar-refractivity contribution in [3.63, 3.8) is 0 Å². The first-order valence-corrected chi connectivity index (χ1v) is 4.39. The van der Waals surface area contributed by atoms with Crippen molar-refractivity contribution < 1.29 is 5.11 Å². The van der Waals surface area contributed by atoms with Gasteiger partial charge in [-0.3, -0.25) is 4.90 Å². The Hall–Kier alpha value is -0.120. The minimum Gasteiger partial charge on any atom is -0.395 e. The van der Waals surface area contributed by atoms with Gasteiger partial charge in [-0.25, -0.2) is 0 Å². The summed E-state index contributed by atoms with van der Waals surface area (Å²) in [7, 11) is 0. The maximum absolute atomic E-state index is 8.73. The van der Waals surface area contributed by atoms with Gasteiger partial charge in [0.25, 0.3) is 0 Å². The number of nitrogens with zero attached hydrogens (tertiary/aromatic N) is 1. The van der Waals surface area contributed by atoms with Crippen molar-refractivity contribution in [1.82, 2.24) is 10.2 Å². The number of rotatable bonds is 2. The molecular formula is C8H18N2O. The van der Waals surface area contributed by atoms with Crippen molar-refractivity contribution in [2.24, 2.45) is 0 Å². The summed E-state index contributed by atoms with van der Waals surface area (Å²) in [4.78, 5) is 2.31. The zero-order valence-corrected chi connectivity index (χ0v) is 7.21. The first-order chi connectivity index (χ1) is 5.33. The van der Waals surface area contributed by atoms with E-state index in [-0.39, 0.29) is 6.61 Å². The molecule has 0 aromatic heterocycles. The van der Waals surface area contributed by atoms with Crippen LogP contribution in [0.15, 0.2) is 0 Å². The van der Waals surface area contributed by atoms with Gasteiger partial charge in [-0.2, -0.15) is 0 Å². The van der Waals surface area contributed by atoms with Gasteiger partial charge >= 0.3 is 0 Å². The lowest BCUT2D eigenvalue weighted by Gasteiger charge is -2.20. The Balaban J connectivity index is 2.27. The Morgan fingerprint density at radius 2 is 2.45 bits per heavy atom. The molecule has 1 aliphatic heterocycles. The molecule has 0 saturated carbocycles. The molecule has 1 saturated heterocycles. The van der Waals surface area contributed by atoms with Gasteiger partial charge in [0, 0.05) is 19.1 Å². The molecule has 66 valence electrons. The quantitative estimate of drug-likeness (QED) is 0.577. The van der Waals surface area contributed by atoms with Crippen LogP contribution < -0.4 is 5.32 Å². The number of hydrogen-bond donors (Lipinski definition) is 2. The number of nitrogens with one attached hydrogen (secondary N) is 1. The van der Waals surface area contributed by atoms with Gasteiger partial charge in [0.2, 0.25) is 0 Å². The molecule has 11 heavy (non-hydrogen) atoms. The highest BCUT2D eigenvalue weighted by atomic mass is 16.3. The molecule has 1 fully saturated rings. The van der Waals surface area contributed by atoms with Crippen LogP contribution in [0.25, 0.3) is 0 Å². The van der Waals surface area contributed by atoms with Crippen LogP contribution in [0.5, 0.6) is 0 Å². The molecule has 0 spiro atoms. The van der Waals surface area contributed by atoms with Gasteiger partial charge in [0.15, 0.2) is 0 Å². The second kappa shape index (κ2) is 4.70. The van der Waals surface area contributed by atoms with Crippen LogP contribution in [-0.4, -0.2) is 48.8 Å².